The number of rotatable bonds is 2. The average Bonchev–Trinajstić information content (AvgIpc) is 2.98. The van der Waals surface area contributed by atoms with Crippen molar-refractivity contribution in [1.29, 1.82) is 0 Å². The van der Waals surface area contributed by atoms with Gasteiger partial charge in [0, 0.05) is 11.8 Å². The Labute approximate surface area is 117 Å². The first kappa shape index (κ1) is 13.2. The van der Waals surface area contributed by atoms with Crippen molar-refractivity contribution in [2.24, 2.45) is 0 Å². The standard InChI is InChI=1S/C13H8F3N5/c14-13(15,16)12-7-21(20-19-12)11-4-2-1-3-9(11)10-5-6-17-8-18-10/h1-8H. The van der Waals surface area contributed by atoms with Crippen LogP contribution in [0.15, 0.2) is 49.1 Å². The highest BCUT2D eigenvalue weighted by molar-refractivity contribution is 5.69. The van der Waals surface area contributed by atoms with E-state index in [9.17, 15) is 13.2 Å². The molecule has 0 N–H and O–H groups in total. The lowest BCUT2D eigenvalue weighted by atomic mass is 10.1. The summed E-state index contributed by atoms with van der Waals surface area (Å²) in [6.45, 7) is 0. The first-order valence-electron chi connectivity index (χ1n) is 5.91. The molecule has 0 aliphatic heterocycles. The van der Waals surface area contributed by atoms with Crippen LogP contribution >= 0.6 is 0 Å². The highest BCUT2D eigenvalue weighted by Gasteiger charge is 2.34. The van der Waals surface area contributed by atoms with E-state index in [1.807, 2.05) is 0 Å². The fourth-order valence-corrected chi connectivity index (χ4v) is 1.85. The molecule has 0 aliphatic rings. The third-order valence-electron chi connectivity index (χ3n) is 2.79. The Morgan fingerprint density at radius 3 is 2.52 bits per heavy atom. The van der Waals surface area contributed by atoms with E-state index < -0.39 is 11.9 Å². The highest BCUT2D eigenvalue weighted by Crippen LogP contribution is 2.29. The van der Waals surface area contributed by atoms with E-state index in [4.69, 9.17) is 0 Å². The van der Waals surface area contributed by atoms with Gasteiger partial charge < -0.3 is 0 Å². The summed E-state index contributed by atoms with van der Waals surface area (Å²) in [5.41, 5.74) is 0.641. The molecule has 21 heavy (non-hydrogen) atoms. The molecule has 5 nitrogen and oxygen atoms in total. The Morgan fingerprint density at radius 2 is 1.86 bits per heavy atom. The Hall–Kier alpha value is -2.77. The van der Waals surface area contributed by atoms with Crippen molar-refractivity contribution < 1.29 is 13.2 Å². The number of halogens is 3. The average molecular weight is 291 g/mol. The minimum Gasteiger partial charge on any atom is -0.245 e. The van der Waals surface area contributed by atoms with E-state index in [1.54, 1.807) is 36.5 Å². The molecule has 2 heterocycles. The Bertz CT molecular complexity index is 752. The van der Waals surface area contributed by atoms with Gasteiger partial charge in [0.25, 0.3) is 0 Å². The lowest BCUT2D eigenvalue weighted by molar-refractivity contribution is -0.141. The van der Waals surface area contributed by atoms with Crippen molar-refractivity contribution in [2.75, 3.05) is 0 Å². The predicted molar refractivity (Wildman–Crippen MR) is 67.4 cm³/mol. The molecule has 2 aromatic heterocycles. The summed E-state index contributed by atoms with van der Waals surface area (Å²) >= 11 is 0. The van der Waals surface area contributed by atoms with Gasteiger partial charge in [-0.2, -0.15) is 13.2 Å². The van der Waals surface area contributed by atoms with Gasteiger partial charge in [0.1, 0.15) is 6.33 Å². The molecular formula is C13H8F3N5. The van der Waals surface area contributed by atoms with Crippen LogP contribution in [0.1, 0.15) is 5.69 Å². The van der Waals surface area contributed by atoms with Crippen LogP contribution in [0.2, 0.25) is 0 Å². The SMILES string of the molecule is FC(F)(F)c1cn(-c2ccccc2-c2ccncn2)nn1. The summed E-state index contributed by atoms with van der Waals surface area (Å²) in [6.07, 6.45) is -0.752. The number of alkyl halides is 3. The number of para-hydroxylation sites is 1. The predicted octanol–water partition coefficient (Wildman–Crippen LogP) is 2.74. The maximum absolute atomic E-state index is 12.6. The second kappa shape index (κ2) is 4.97. The topological polar surface area (TPSA) is 56.5 Å². The van der Waals surface area contributed by atoms with Crippen molar-refractivity contribution in [2.45, 2.75) is 6.18 Å². The number of benzene rings is 1. The minimum absolute atomic E-state index is 0.458. The number of aromatic nitrogens is 5. The van der Waals surface area contributed by atoms with Gasteiger partial charge in [0.2, 0.25) is 0 Å². The van der Waals surface area contributed by atoms with E-state index >= 15 is 0 Å². The van der Waals surface area contributed by atoms with Crippen molar-refractivity contribution in [1.82, 2.24) is 25.0 Å². The van der Waals surface area contributed by atoms with Crippen LogP contribution < -0.4 is 0 Å². The maximum atomic E-state index is 12.6. The summed E-state index contributed by atoms with van der Waals surface area (Å²) in [5, 5.41) is 6.70. The van der Waals surface area contributed by atoms with Gasteiger partial charge in [-0.15, -0.1) is 5.10 Å². The molecule has 0 unspecified atom stereocenters. The van der Waals surface area contributed by atoms with Gasteiger partial charge in [0.05, 0.1) is 17.6 Å². The largest absolute Gasteiger partial charge is 0.436 e. The second-order valence-electron chi connectivity index (χ2n) is 4.16. The van der Waals surface area contributed by atoms with Crippen LogP contribution in [0.4, 0.5) is 13.2 Å². The molecule has 0 spiro atoms. The molecule has 8 heteroatoms. The summed E-state index contributed by atoms with van der Waals surface area (Å²) in [5.74, 6) is 0. The third kappa shape index (κ3) is 2.60. The zero-order valence-corrected chi connectivity index (χ0v) is 10.5. The molecule has 0 amide bonds. The Balaban J connectivity index is 2.10. The molecule has 0 saturated heterocycles. The van der Waals surface area contributed by atoms with E-state index in [2.05, 4.69) is 20.3 Å². The van der Waals surface area contributed by atoms with Crippen LogP contribution in [0.3, 0.4) is 0 Å². The van der Waals surface area contributed by atoms with Crippen LogP contribution in [0.5, 0.6) is 0 Å². The molecule has 0 radical (unpaired) electrons. The fraction of sp³-hybridized carbons (Fsp3) is 0.0769. The van der Waals surface area contributed by atoms with E-state index in [1.165, 1.54) is 6.33 Å². The maximum Gasteiger partial charge on any atom is 0.436 e. The van der Waals surface area contributed by atoms with Crippen LogP contribution in [-0.4, -0.2) is 25.0 Å². The summed E-state index contributed by atoms with van der Waals surface area (Å²) in [4.78, 5) is 7.91. The molecular weight excluding hydrogens is 283 g/mol. The monoisotopic (exact) mass is 291 g/mol. The molecule has 0 bridgehead atoms. The zero-order chi connectivity index (χ0) is 14.9. The molecule has 0 atom stereocenters. The van der Waals surface area contributed by atoms with Crippen LogP contribution in [0, 0.1) is 0 Å². The summed E-state index contributed by atoms with van der Waals surface area (Å²) in [6, 6.07) is 8.52. The lowest BCUT2D eigenvalue weighted by Gasteiger charge is -2.07. The van der Waals surface area contributed by atoms with E-state index in [-0.39, 0.29) is 0 Å². The molecule has 0 fully saturated rings. The number of nitrogens with zero attached hydrogens (tertiary/aromatic N) is 5. The van der Waals surface area contributed by atoms with Crippen molar-refractivity contribution >= 4 is 0 Å². The first-order valence-corrected chi connectivity index (χ1v) is 5.91. The van der Waals surface area contributed by atoms with Crippen molar-refractivity contribution in [3.8, 4) is 16.9 Å². The number of hydrogen-bond acceptors (Lipinski definition) is 4. The Kier molecular flexibility index (Phi) is 3.13. The summed E-state index contributed by atoms with van der Waals surface area (Å²) in [7, 11) is 0. The Morgan fingerprint density at radius 1 is 1.05 bits per heavy atom. The fourth-order valence-electron chi connectivity index (χ4n) is 1.85. The highest BCUT2D eigenvalue weighted by atomic mass is 19.4. The molecule has 0 saturated carbocycles. The molecule has 3 rings (SSSR count). The molecule has 0 aliphatic carbocycles. The van der Waals surface area contributed by atoms with Gasteiger partial charge >= 0.3 is 6.18 Å². The van der Waals surface area contributed by atoms with E-state index in [0.29, 0.717) is 16.9 Å². The third-order valence-corrected chi connectivity index (χ3v) is 2.79. The minimum atomic E-state index is -4.53. The van der Waals surface area contributed by atoms with Gasteiger partial charge in [-0.3, -0.25) is 0 Å². The quantitative estimate of drug-likeness (QED) is 0.728. The van der Waals surface area contributed by atoms with Crippen molar-refractivity contribution in [3.05, 3.63) is 54.7 Å². The van der Waals surface area contributed by atoms with Gasteiger partial charge in [0.15, 0.2) is 5.69 Å². The van der Waals surface area contributed by atoms with Crippen molar-refractivity contribution in [3.63, 3.8) is 0 Å². The van der Waals surface area contributed by atoms with Gasteiger partial charge in [-0.05, 0) is 12.1 Å². The normalized spacial score (nSPS) is 11.6. The van der Waals surface area contributed by atoms with Gasteiger partial charge in [-0.1, -0.05) is 23.4 Å². The lowest BCUT2D eigenvalue weighted by Crippen LogP contribution is -2.05. The van der Waals surface area contributed by atoms with Gasteiger partial charge in [-0.25, -0.2) is 14.6 Å². The number of hydrogen-bond donors (Lipinski definition) is 0. The zero-order valence-electron chi connectivity index (χ0n) is 10.5. The smallest absolute Gasteiger partial charge is 0.245 e. The first-order chi connectivity index (χ1) is 10.1. The molecule has 3 aromatic rings. The van der Waals surface area contributed by atoms with Crippen LogP contribution in [-0.2, 0) is 6.18 Å². The molecule has 106 valence electrons. The summed E-state index contributed by atoms with van der Waals surface area (Å²) < 4.78 is 38.9. The van der Waals surface area contributed by atoms with Crippen LogP contribution in [0.25, 0.3) is 16.9 Å². The molecule has 1 aromatic carbocycles. The van der Waals surface area contributed by atoms with E-state index in [0.717, 1.165) is 10.9 Å². The second-order valence-corrected chi connectivity index (χ2v) is 4.16.